The van der Waals surface area contributed by atoms with Crippen molar-refractivity contribution in [2.45, 2.75) is 40.0 Å². The average Bonchev–Trinajstić information content (AvgIpc) is 2.91. The molecule has 1 heterocycles. The number of nitrogens with one attached hydrogen (secondary N) is 2. The number of hydrogen-bond acceptors (Lipinski definition) is 4. The van der Waals surface area contributed by atoms with Crippen LogP contribution < -0.4 is 10.6 Å². The van der Waals surface area contributed by atoms with E-state index in [1.54, 1.807) is 23.5 Å². The molecule has 1 aromatic heterocycles. The normalized spacial score (nSPS) is 11.6. The third-order valence-electron chi connectivity index (χ3n) is 3.88. The highest BCUT2D eigenvalue weighted by Gasteiger charge is 2.04. The number of aromatic hydroxyl groups is 1. The Morgan fingerprint density at radius 3 is 2.56 bits per heavy atom. The van der Waals surface area contributed by atoms with Crippen molar-refractivity contribution in [1.29, 1.82) is 0 Å². The van der Waals surface area contributed by atoms with Gasteiger partial charge in [-0.1, -0.05) is 12.1 Å². The summed E-state index contributed by atoms with van der Waals surface area (Å²) < 4.78 is 0. The minimum atomic E-state index is 0.311. The van der Waals surface area contributed by atoms with Crippen LogP contribution in [0.3, 0.4) is 0 Å². The smallest absolute Gasteiger partial charge is 0.191 e. The van der Waals surface area contributed by atoms with E-state index in [-0.39, 0.29) is 0 Å². The highest BCUT2D eigenvalue weighted by molar-refractivity contribution is 7.11. The Balaban J connectivity index is 1.74. The molecule has 2 aromatic rings. The number of guanidine groups is 1. The topological polar surface area (TPSA) is 69.5 Å². The van der Waals surface area contributed by atoms with Gasteiger partial charge in [0.15, 0.2) is 5.96 Å². The number of aromatic nitrogens is 1. The first-order chi connectivity index (χ1) is 12.1. The van der Waals surface area contributed by atoms with Crippen LogP contribution >= 0.6 is 11.3 Å². The van der Waals surface area contributed by atoms with Crippen LogP contribution in [0, 0.1) is 13.8 Å². The van der Waals surface area contributed by atoms with E-state index in [4.69, 9.17) is 0 Å². The summed E-state index contributed by atoms with van der Waals surface area (Å²) in [6.45, 7) is 8.69. The summed E-state index contributed by atoms with van der Waals surface area (Å²) in [5.41, 5.74) is 2.36. The van der Waals surface area contributed by atoms with E-state index >= 15 is 0 Å². The Hall–Kier alpha value is -2.08. The Labute approximate surface area is 154 Å². The molecule has 0 fully saturated rings. The zero-order valence-electron chi connectivity index (χ0n) is 15.3. The highest BCUT2D eigenvalue weighted by atomic mass is 32.1. The van der Waals surface area contributed by atoms with E-state index in [2.05, 4.69) is 41.4 Å². The second kappa shape index (κ2) is 10.0. The number of nitrogens with zero attached hydrogens (tertiary/aromatic N) is 2. The van der Waals surface area contributed by atoms with E-state index < -0.39 is 0 Å². The third-order valence-corrected chi connectivity index (χ3v) is 5.01. The van der Waals surface area contributed by atoms with E-state index in [0.29, 0.717) is 5.75 Å². The number of phenols is 1. The predicted molar refractivity (Wildman–Crippen MR) is 106 cm³/mol. The van der Waals surface area contributed by atoms with Crippen molar-refractivity contribution < 1.29 is 5.11 Å². The van der Waals surface area contributed by atoms with Gasteiger partial charge >= 0.3 is 0 Å². The molecule has 0 saturated heterocycles. The summed E-state index contributed by atoms with van der Waals surface area (Å²) in [5, 5.41) is 17.1. The first kappa shape index (κ1) is 19.2. The van der Waals surface area contributed by atoms with Crippen molar-refractivity contribution in [3.05, 3.63) is 45.4 Å². The quantitative estimate of drug-likeness (QED) is 0.384. The van der Waals surface area contributed by atoms with Gasteiger partial charge in [-0.3, -0.25) is 4.99 Å². The third kappa shape index (κ3) is 6.74. The van der Waals surface area contributed by atoms with Crippen LogP contribution in [0.1, 0.15) is 34.5 Å². The molecule has 0 aliphatic carbocycles. The number of benzene rings is 1. The van der Waals surface area contributed by atoms with Crippen LogP contribution in [0.15, 0.2) is 29.3 Å². The molecule has 1 aromatic carbocycles. The number of rotatable bonds is 8. The van der Waals surface area contributed by atoms with Crippen LogP contribution in [-0.4, -0.2) is 35.7 Å². The van der Waals surface area contributed by atoms with Gasteiger partial charge in [-0.2, -0.15) is 0 Å². The summed E-state index contributed by atoms with van der Waals surface area (Å²) >= 11 is 1.77. The Bertz CT molecular complexity index is 660. The molecule has 0 amide bonds. The standard InChI is InChI=1S/C19H28N4OS/c1-4-20-19(22-13-11-18-23-14(2)15(3)25-18)21-12-5-6-16-7-9-17(24)10-8-16/h7-10,24H,4-6,11-13H2,1-3H3,(H2,20,21,22). The van der Waals surface area contributed by atoms with Gasteiger partial charge in [0, 0.05) is 30.9 Å². The van der Waals surface area contributed by atoms with Crippen molar-refractivity contribution in [3.8, 4) is 5.75 Å². The SMILES string of the molecule is CCNC(=NCCCc1ccc(O)cc1)NCCc1nc(C)c(C)s1. The molecule has 0 bridgehead atoms. The Morgan fingerprint density at radius 2 is 1.92 bits per heavy atom. The first-order valence-corrected chi connectivity index (χ1v) is 9.63. The van der Waals surface area contributed by atoms with Gasteiger partial charge in [-0.05, 0) is 51.3 Å². The van der Waals surface area contributed by atoms with Crippen molar-refractivity contribution in [1.82, 2.24) is 15.6 Å². The second-order valence-electron chi connectivity index (χ2n) is 5.96. The fourth-order valence-electron chi connectivity index (χ4n) is 2.41. The second-order valence-corrected chi connectivity index (χ2v) is 7.24. The molecule has 0 atom stereocenters. The van der Waals surface area contributed by atoms with Gasteiger partial charge in [0.2, 0.25) is 0 Å². The van der Waals surface area contributed by atoms with Gasteiger partial charge < -0.3 is 15.7 Å². The molecular formula is C19H28N4OS. The maximum absolute atomic E-state index is 9.30. The zero-order chi connectivity index (χ0) is 18.1. The van der Waals surface area contributed by atoms with Crippen molar-refractivity contribution in [3.63, 3.8) is 0 Å². The van der Waals surface area contributed by atoms with E-state index in [0.717, 1.165) is 50.6 Å². The van der Waals surface area contributed by atoms with Gasteiger partial charge in [0.1, 0.15) is 5.75 Å². The molecule has 25 heavy (non-hydrogen) atoms. The fraction of sp³-hybridized carbons (Fsp3) is 0.474. The van der Waals surface area contributed by atoms with Crippen molar-refractivity contribution in [2.75, 3.05) is 19.6 Å². The molecule has 5 nitrogen and oxygen atoms in total. The van der Waals surface area contributed by atoms with Crippen LogP contribution in [0.4, 0.5) is 0 Å². The van der Waals surface area contributed by atoms with E-state index in [1.165, 1.54) is 15.4 Å². The number of hydrogen-bond donors (Lipinski definition) is 3. The van der Waals surface area contributed by atoms with Gasteiger partial charge in [0.25, 0.3) is 0 Å². The van der Waals surface area contributed by atoms with Crippen LogP contribution in [0.25, 0.3) is 0 Å². The molecule has 6 heteroatoms. The minimum Gasteiger partial charge on any atom is -0.508 e. The predicted octanol–water partition coefficient (Wildman–Crippen LogP) is 3.20. The maximum atomic E-state index is 9.30. The van der Waals surface area contributed by atoms with Gasteiger partial charge in [-0.15, -0.1) is 11.3 Å². The lowest BCUT2D eigenvalue weighted by Gasteiger charge is -2.10. The number of phenolic OH excluding ortho intramolecular Hbond substituents is 1. The van der Waals surface area contributed by atoms with Crippen LogP contribution in [-0.2, 0) is 12.8 Å². The molecule has 0 aliphatic heterocycles. The molecule has 0 unspecified atom stereocenters. The summed E-state index contributed by atoms with van der Waals surface area (Å²) in [5.74, 6) is 1.17. The van der Waals surface area contributed by atoms with Crippen LogP contribution in [0.5, 0.6) is 5.75 Å². The van der Waals surface area contributed by atoms with E-state index in [9.17, 15) is 5.11 Å². The first-order valence-electron chi connectivity index (χ1n) is 8.81. The molecule has 136 valence electrons. The van der Waals surface area contributed by atoms with Gasteiger partial charge in [0.05, 0.1) is 10.7 Å². The molecule has 0 spiro atoms. The Morgan fingerprint density at radius 1 is 1.16 bits per heavy atom. The Kier molecular flexibility index (Phi) is 7.73. The number of aryl methyl sites for hydroxylation is 3. The zero-order valence-corrected chi connectivity index (χ0v) is 16.1. The van der Waals surface area contributed by atoms with Gasteiger partial charge in [-0.25, -0.2) is 4.98 Å². The minimum absolute atomic E-state index is 0.311. The lowest BCUT2D eigenvalue weighted by atomic mass is 10.1. The average molecular weight is 361 g/mol. The molecule has 3 N–H and O–H groups in total. The van der Waals surface area contributed by atoms with Crippen molar-refractivity contribution >= 4 is 17.3 Å². The lowest BCUT2D eigenvalue weighted by molar-refractivity contribution is 0.475. The van der Waals surface area contributed by atoms with Crippen molar-refractivity contribution in [2.24, 2.45) is 4.99 Å². The summed E-state index contributed by atoms with van der Waals surface area (Å²) in [6, 6.07) is 7.37. The van der Waals surface area contributed by atoms with Crippen LogP contribution in [0.2, 0.25) is 0 Å². The fourth-order valence-corrected chi connectivity index (χ4v) is 3.35. The molecule has 0 radical (unpaired) electrons. The summed E-state index contributed by atoms with van der Waals surface area (Å²) in [7, 11) is 0. The molecule has 0 aliphatic rings. The molecular weight excluding hydrogens is 332 g/mol. The number of thiazole rings is 1. The maximum Gasteiger partial charge on any atom is 0.191 e. The largest absolute Gasteiger partial charge is 0.508 e. The monoisotopic (exact) mass is 360 g/mol. The molecule has 2 rings (SSSR count). The van der Waals surface area contributed by atoms with E-state index in [1.807, 2.05) is 12.1 Å². The highest BCUT2D eigenvalue weighted by Crippen LogP contribution is 2.16. The number of aliphatic imine (C=N–C) groups is 1. The molecule has 0 saturated carbocycles. The summed E-state index contributed by atoms with van der Waals surface area (Å²) in [6.07, 6.45) is 2.85. The lowest BCUT2D eigenvalue weighted by Crippen LogP contribution is -2.38. The summed E-state index contributed by atoms with van der Waals surface area (Å²) in [4.78, 5) is 10.5.